The monoisotopic (exact) mass is 459 g/mol. The van der Waals surface area contributed by atoms with Crippen molar-refractivity contribution in [3.63, 3.8) is 0 Å². The van der Waals surface area contributed by atoms with Gasteiger partial charge in [0.25, 0.3) is 0 Å². The van der Waals surface area contributed by atoms with E-state index in [1.165, 1.54) is 16.5 Å². The van der Waals surface area contributed by atoms with Crippen molar-refractivity contribution < 1.29 is 0 Å². The second-order valence-electron chi connectivity index (χ2n) is 8.83. The largest absolute Gasteiger partial charge is 0.377 e. The standard InChI is InChI=1S/C24H33N3S3/c1-16(2)24(17(3)4)14-27(23(28)29-7)22(30-15-24)25-20-12-13-21(26(5)6)19-11-9-8-10-18(19)20/h8-13,16-17H,14-15H2,1-7H3/b25-22-. The van der Waals surface area contributed by atoms with E-state index in [9.17, 15) is 0 Å². The van der Waals surface area contributed by atoms with Gasteiger partial charge >= 0.3 is 0 Å². The Morgan fingerprint density at radius 1 is 1.10 bits per heavy atom. The van der Waals surface area contributed by atoms with Crippen molar-refractivity contribution in [1.29, 1.82) is 0 Å². The van der Waals surface area contributed by atoms with Crippen LogP contribution >= 0.6 is 35.7 Å². The molecule has 0 unspecified atom stereocenters. The van der Waals surface area contributed by atoms with Gasteiger partial charge in [-0.25, -0.2) is 4.99 Å². The normalized spacial score (nSPS) is 17.9. The zero-order valence-electron chi connectivity index (χ0n) is 19.1. The fraction of sp³-hybridized carbons (Fsp3) is 0.500. The molecule has 1 saturated heterocycles. The van der Waals surface area contributed by atoms with E-state index in [1.54, 1.807) is 11.8 Å². The molecule has 162 valence electrons. The van der Waals surface area contributed by atoms with Crippen LogP contribution < -0.4 is 4.90 Å². The summed E-state index contributed by atoms with van der Waals surface area (Å²) >= 11 is 9.28. The first-order valence-electron chi connectivity index (χ1n) is 10.5. The molecular weight excluding hydrogens is 426 g/mol. The van der Waals surface area contributed by atoms with Gasteiger partial charge in [-0.3, -0.25) is 0 Å². The lowest BCUT2D eigenvalue weighted by Gasteiger charge is -2.48. The molecule has 3 nitrogen and oxygen atoms in total. The number of hydrogen-bond acceptors (Lipinski definition) is 5. The van der Waals surface area contributed by atoms with Gasteiger partial charge < -0.3 is 9.80 Å². The minimum atomic E-state index is 0.223. The van der Waals surface area contributed by atoms with Crippen LogP contribution in [0.4, 0.5) is 11.4 Å². The molecule has 0 radical (unpaired) electrons. The van der Waals surface area contributed by atoms with Crippen molar-refractivity contribution in [2.75, 3.05) is 37.5 Å². The van der Waals surface area contributed by atoms with Crippen LogP contribution in [0.5, 0.6) is 0 Å². The van der Waals surface area contributed by atoms with Crippen LogP contribution in [-0.4, -0.2) is 47.0 Å². The summed E-state index contributed by atoms with van der Waals surface area (Å²) in [5, 5.41) is 3.42. The number of hydrogen-bond donors (Lipinski definition) is 0. The Kier molecular flexibility index (Phi) is 7.41. The first kappa shape index (κ1) is 23.4. The Labute approximate surface area is 195 Å². The highest BCUT2D eigenvalue weighted by Gasteiger charge is 2.44. The number of anilines is 1. The van der Waals surface area contributed by atoms with E-state index in [1.807, 2.05) is 11.8 Å². The van der Waals surface area contributed by atoms with Crippen LogP contribution in [-0.2, 0) is 0 Å². The number of nitrogens with zero attached hydrogens (tertiary/aromatic N) is 3. The highest BCUT2D eigenvalue weighted by atomic mass is 32.2. The van der Waals surface area contributed by atoms with Gasteiger partial charge in [-0.05, 0) is 30.2 Å². The quantitative estimate of drug-likeness (QED) is 0.462. The highest BCUT2D eigenvalue weighted by Crippen LogP contribution is 2.45. The van der Waals surface area contributed by atoms with E-state index in [0.29, 0.717) is 11.8 Å². The minimum absolute atomic E-state index is 0.223. The van der Waals surface area contributed by atoms with Crippen LogP contribution in [0.3, 0.4) is 0 Å². The lowest BCUT2D eigenvalue weighted by molar-refractivity contribution is 0.123. The molecular formula is C24H33N3S3. The summed E-state index contributed by atoms with van der Waals surface area (Å²) in [6.45, 7) is 10.3. The van der Waals surface area contributed by atoms with E-state index >= 15 is 0 Å². The van der Waals surface area contributed by atoms with Gasteiger partial charge in [0.2, 0.25) is 0 Å². The van der Waals surface area contributed by atoms with Gasteiger partial charge in [0.1, 0.15) is 4.32 Å². The average Bonchev–Trinajstić information content (AvgIpc) is 2.73. The Morgan fingerprint density at radius 2 is 1.73 bits per heavy atom. The molecule has 1 aliphatic rings. The van der Waals surface area contributed by atoms with Crippen molar-refractivity contribution in [2.24, 2.45) is 22.2 Å². The van der Waals surface area contributed by atoms with Crippen LogP contribution in [0.25, 0.3) is 10.8 Å². The van der Waals surface area contributed by atoms with Crippen LogP contribution in [0.15, 0.2) is 41.4 Å². The molecule has 0 aliphatic carbocycles. The third kappa shape index (κ3) is 4.37. The predicted octanol–water partition coefficient (Wildman–Crippen LogP) is 6.89. The fourth-order valence-corrected chi connectivity index (χ4v) is 6.52. The number of rotatable bonds is 4. The van der Waals surface area contributed by atoms with Gasteiger partial charge in [0.15, 0.2) is 5.17 Å². The summed E-state index contributed by atoms with van der Waals surface area (Å²) in [6.07, 6.45) is 2.06. The molecule has 2 aromatic carbocycles. The summed E-state index contributed by atoms with van der Waals surface area (Å²) in [5.74, 6) is 2.24. The van der Waals surface area contributed by atoms with E-state index in [-0.39, 0.29) is 5.41 Å². The van der Waals surface area contributed by atoms with Gasteiger partial charge in [-0.15, -0.1) is 0 Å². The van der Waals surface area contributed by atoms with E-state index in [0.717, 1.165) is 27.5 Å². The molecule has 0 bridgehead atoms. The zero-order valence-corrected chi connectivity index (χ0v) is 21.5. The Balaban J connectivity index is 2.09. The Hall–Kier alpha value is -1.24. The number of benzene rings is 2. The summed E-state index contributed by atoms with van der Waals surface area (Å²) in [7, 11) is 4.17. The van der Waals surface area contributed by atoms with Crippen molar-refractivity contribution in [3.05, 3.63) is 36.4 Å². The topological polar surface area (TPSA) is 18.8 Å². The molecule has 0 saturated carbocycles. The first-order valence-corrected chi connectivity index (χ1v) is 13.1. The molecule has 2 aromatic rings. The SMILES string of the molecule is CSC(=S)N1CC(C(C)C)(C(C)C)CS/C1=N\c1ccc(N(C)C)c2ccccc12. The molecule has 1 aliphatic heterocycles. The van der Waals surface area contributed by atoms with Crippen molar-refractivity contribution in [1.82, 2.24) is 4.90 Å². The molecule has 30 heavy (non-hydrogen) atoms. The number of thiocarbonyl (C=S) groups is 1. The maximum atomic E-state index is 5.78. The molecule has 6 heteroatoms. The van der Waals surface area contributed by atoms with Crippen LogP contribution in [0, 0.1) is 17.3 Å². The van der Waals surface area contributed by atoms with Crippen LogP contribution in [0.1, 0.15) is 27.7 Å². The molecule has 0 amide bonds. The maximum absolute atomic E-state index is 5.78. The number of thioether (sulfide) groups is 2. The predicted molar refractivity (Wildman–Crippen MR) is 143 cm³/mol. The number of aliphatic imine (C=N–C) groups is 1. The summed E-state index contributed by atoms with van der Waals surface area (Å²) in [5.41, 5.74) is 2.44. The average molecular weight is 460 g/mol. The van der Waals surface area contributed by atoms with Crippen molar-refractivity contribution in [3.8, 4) is 0 Å². The first-order chi connectivity index (χ1) is 14.2. The Bertz CT molecular complexity index is 942. The Morgan fingerprint density at radius 3 is 2.30 bits per heavy atom. The van der Waals surface area contributed by atoms with Gasteiger partial charge in [-0.2, -0.15) is 0 Å². The maximum Gasteiger partial charge on any atom is 0.169 e. The summed E-state index contributed by atoms with van der Waals surface area (Å²) < 4.78 is 0.904. The van der Waals surface area contributed by atoms with Crippen molar-refractivity contribution >= 4 is 67.4 Å². The van der Waals surface area contributed by atoms with Gasteiger partial charge in [0.05, 0.1) is 5.69 Å². The van der Waals surface area contributed by atoms with Gasteiger partial charge in [0, 0.05) is 48.3 Å². The molecule has 1 fully saturated rings. The fourth-order valence-electron chi connectivity index (χ4n) is 4.25. The smallest absolute Gasteiger partial charge is 0.169 e. The number of amidine groups is 1. The van der Waals surface area contributed by atoms with E-state index < -0.39 is 0 Å². The highest BCUT2D eigenvalue weighted by molar-refractivity contribution is 8.23. The van der Waals surface area contributed by atoms with Gasteiger partial charge in [-0.1, -0.05) is 87.7 Å². The second-order valence-corrected chi connectivity index (χ2v) is 11.2. The summed E-state index contributed by atoms with van der Waals surface area (Å²) in [4.78, 5) is 9.60. The molecule has 1 heterocycles. The van der Waals surface area contributed by atoms with E-state index in [4.69, 9.17) is 17.2 Å². The zero-order chi connectivity index (χ0) is 22.1. The second kappa shape index (κ2) is 9.49. The molecule has 3 rings (SSSR count). The minimum Gasteiger partial charge on any atom is -0.377 e. The molecule has 0 N–H and O–H groups in total. The summed E-state index contributed by atoms with van der Waals surface area (Å²) in [6, 6.07) is 12.8. The number of fused-ring (bicyclic) bond motifs is 1. The molecule has 0 aromatic heterocycles. The molecule has 0 spiro atoms. The van der Waals surface area contributed by atoms with E-state index in [2.05, 4.69) is 94.2 Å². The third-order valence-corrected chi connectivity index (χ3v) is 8.97. The van der Waals surface area contributed by atoms with Crippen LogP contribution in [0.2, 0.25) is 0 Å². The lowest BCUT2D eigenvalue weighted by atomic mass is 9.70. The lowest BCUT2D eigenvalue weighted by Crippen LogP contribution is -2.53. The molecule has 0 atom stereocenters. The third-order valence-electron chi connectivity index (χ3n) is 6.42. The van der Waals surface area contributed by atoms with Crippen molar-refractivity contribution in [2.45, 2.75) is 27.7 Å².